The second kappa shape index (κ2) is 10.3. The maximum Gasteiger partial charge on any atom is 0.395 e. The van der Waals surface area contributed by atoms with Crippen molar-refractivity contribution in [2.24, 2.45) is 5.14 Å². The lowest BCUT2D eigenvalue weighted by Gasteiger charge is -2.49. The number of rotatable bonds is 10. The van der Waals surface area contributed by atoms with Crippen LogP contribution >= 0.6 is 35.7 Å². The van der Waals surface area contributed by atoms with Crippen molar-refractivity contribution >= 4 is 62.8 Å². The number of nitrogens with two attached hydrogens (primary N) is 1. The number of nitrogens with zero attached hydrogens (tertiary/aromatic N) is 5. The van der Waals surface area contributed by atoms with Crippen molar-refractivity contribution in [1.29, 1.82) is 0 Å². The minimum atomic E-state index is -4.53. The number of halogens is 3. The number of nitrogens with one attached hydrogen (secondary N) is 2. The Morgan fingerprint density at radius 3 is 2.74 bits per heavy atom. The van der Waals surface area contributed by atoms with E-state index < -0.39 is 51.1 Å². The van der Waals surface area contributed by atoms with Gasteiger partial charge in [-0.1, -0.05) is 24.0 Å². The van der Waals surface area contributed by atoms with E-state index >= 15 is 0 Å². The third-order valence-electron chi connectivity index (χ3n) is 4.43. The number of aliphatic carboxylic acids is 1. The molecule has 2 aliphatic heterocycles. The van der Waals surface area contributed by atoms with E-state index in [1.807, 2.05) is 0 Å². The predicted octanol–water partition coefficient (Wildman–Crippen LogP) is -0.950. The quantitative estimate of drug-likeness (QED) is 0.156. The number of amides is 1. The van der Waals surface area contributed by atoms with Crippen LogP contribution in [-0.4, -0.2) is 91.1 Å². The van der Waals surface area contributed by atoms with Crippen LogP contribution in [0.2, 0.25) is 0 Å². The van der Waals surface area contributed by atoms with Crippen LogP contribution < -0.4 is 15.2 Å². The number of thiocarbonyl (C=S) groups is 1. The summed E-state index contributed by atoms with van der Waals surface area (Å²) in [5.74, 6) is -1.76. The minimum absolute atomic E-state index is 0.0587. The van der Waals surface area contributed by atoms with Gasteiger partial charge in [-0.3, -0.25) is 9.69 Å². The van der Waals surface area contributed by atoms with Gasteiger partial charge in [0.1, 0.15) is 17.1 Å². The third kappa shape index (κ3) is 6.56. The number of β-lactam (4-membered cyclic amide) rings is 1. The molecule has 1 aromatic heterocycles. The molecule has 13 nitrogen and oxygen atoms in total. The molecule has 0 bridgehead atoms. The molecule has 34 heavy (non-hydrogen) atoms. The normalized spacial score (nSPS) is 20.7. The highest BCUT2D eigenvalue weighted by molar-refractivity contribution is 8.01. The standard InChI is InChI=1S/C14H17F3N8O5S4/c15-14(16,17)3-7(31)20-8-10(26)25-9(12(27)28)6(4-32-11(8)25)5-33-13-21-22-23-24(13)2-1-19-34(18,29)30/h8,11,19H,1-5H2,(H,20,31)(H,27,28)(H2,18,29,30)/t8?,11-/m1/s1. The topological polar surface area (TPSA) is 185 Å². The molecule has 0 aliphatic carbocycles. The number of carboxylic acids is 1. The van der Waals surface area contributed by atoms with E-state index in [0.29, 0.717) is 5.57 Å². The molecule has 1 unspecified atom stereocenters. The zero-order valence-electron chi connectivity index (χ0n) is 16.9. The number of hydrogen-bond donors (Lipinski definition) is 4. The van der Waals surface area contributed by atoms with Gasteiger partial charge < -0.3 is 10.4 Å². The molecule has 3 heterocycles. The number of tetrazole rings is 1. The molecule has 0 radical (unpaired) electrons. The molecule has 188 valence electrons. The SMILES string of the molecule is NS(=O)(=O)NCCn1nnnc1SCC1=C(C(=O)O)N2C(=O)C(NC(=S)CC(F)(F)F)[C@H]2SC1. The molecular weight excluding hydrogens is 545 g/mol. The first-order valence-corrected chi connectivity index (χ1v) is 13.2. The lowest BCUT2D eigenvalue weighted by molar-refractivity contribution is -0.148. The van der Waals surface area contributed by atoms with Gasteiger partial charge in [0.15, 0.2) is 0 Å². The number of thioether (sulfide) groups is 2. The van der Waals surface area contributed by atoms with E-state index in [-0.39, 0.29) is 35.4 Å². The van der Waals surface area contributed by atoms with Gasteiger partial charge in [-0.05, 0) is 16.0 Å². The number of carbonyl (C=O) groups excluding carboxylic acids is 1. The van der Waals surface area contributed by atoms with Crippen LogP contribution in [0.5, 0.6) is 0 Å². The summed E-state index contributed by atoms with van der Waals surface area (Å²) < 4.78 is 62.8. The van der Waals surface area contributed by atoms with Gasteiger partial charge in [0, 0.05) is 18.1 Å². The van der Waals surface area contributed by atoms with E-state index in [2.05, 4.69) is 37.8 Å². The Morgan fingerprint density at radius 1 is 1.41 bits per heavy atom. The summed E-state index contributed by atoms with van der Waals surface area (Å²) >= 11 is 6.93. The van der Waals surface area contributed by atoms with Gasteiger partial charge >= 0.3 is 12.1 Å². The van der Waals surface area contributed by atoms with Crippen LogP contribution in [0.3, 0.4) is 0 Å². The van der Waals surface area contributed by atoms with Crippen molar-refractivity contribution in [2.75, 3.05) is 18.1 Å². The van der Waals surface area contributed by atoms with Gasteiger partial charge in [0.2, 0.25) is 5.16 Å². The fourth-order valence-corrected chi connectivity index (χ4v) is 6.14. The summed E-state index contributed by atoms with van der Waals surface area (Å²) in [7, 11) is -3.89. The molecule has 5 N–H and O–H groups in total. The molecule has 1 fully saturated rings. The van der Waals surface area contributed by atoms with Crippen LogP contribution in [0.15, 0.2) is 16.4 Å². The van der Waals surface area contributed by atoms with Crippen molar-refractivity contribution in [2.45, 2.75) is 35.7 Å². The van der Waals surface area contributed by atoms with Gasteiger partial charge in [-0.25, -0.2) is 19.3 Å². The first-order chi connectivity index (χ1) is 15.8. The fourth-order valence-electron chi connectivity index (χ4n) is 3.09. The van der Waals surface area contributed by atoms with E-state index in [1.54, 1.807) is 0 Å². The molecule has 1 saturated heterocycles. The van der Waals surface area contributed by atoms with Crippen molar-refractivity contribution in [3.63, 3.8) is 0 Å². The number of carboxylic acid groups (broad SMARTS) is 1. The Bertz CT molecular complexity index is 1120. The number of carbonyl (C=O) groups is 2. The second-order valence-electron chi connectivity index (χ2n) is 6.92. The molecule has 3 rings (SSSR count). The third-order valence-corrected chi connectivity index (χ3v) is 7.68. The molecule has 0 saturated carbocycles. The molecule has 1 amide bonds. The number of aromatic nitrogens is 4. The fraction of sp³-hybridized carbons (Fsp3) is 0.571. The summed E-state index contributed by atoms with van der Waals surface area (Å²) in [6.07, 6.45) is -5.91. The average molecular weight is 563 g/mol. The van der Waals surface area contributed by atoms with E-state index in [9.17, 15) is 36.3 Å². The highest BCUT2D eigenvalue weighted by Gasteiger charge is 2.54. The van der Waals surface area contributed by atoms with E-state index in [1.165, 1.54) is 16.4 Å². The van der Waals surface area contributed by atoms with Crippen molar-refractivity contribution in [3.05, 3.63) is 11.3 Å². The molecule has 2 aliphatic rings. The minimum Gasteiger partial charge on any atom is -0.477 e. The molecule has 0 spiro atoms. The predicted molar refractivity (Wildman–Crippen MR) is 118 cm³/mol. The van der Waals surface area contributed by atoms with Crippen LogP contribution in [0.25, 0.3) is 0 Å². The van der Waals surface area contributed by atoms with Crippen LogP contribution in [0, 0.1) is 0 Å². The first-order valence-electron chi connectivity index (χ1n) is 9.19. The molecule has 1 aromatic rings. The van der Waals surface area contributed by atoms with Gasteiger partial charge in [0.05, 0.1) is 18.0 Å². The molecule has 2 atom stereocenters. The number of alkyl halides is 3. The highest BCUT2D eigenvalue weighted by Crippen LogP contribution is 2.41. The lowest BCUT2D eigenvalue weighted by atomic mass is 10.0. The summed E-state index contributed by atoms with van der Waals surface area (Å²) in [5.41, 5.74) is 0.136. The Morgan fingerprint density at radius 2 is 2.12 bits per heavy atom. The maximum atomic E-state index is 12.5. The van der Waals surface area contributed by atoms with Gasteiger partial charge in [-0.2, -0.15) is 21.6 Å². The second-order valence-corrected chi connectivity index (χ2v) is 10.8. The Labute approximate surface area is 204 Å². The van der Waals surface area contributed by atoms with Gasteiger partial charge in [0.25, 0.3) is 16.1 Å². The molecular formula is C14H17F3N8O5S4. The van der Waals surface area contributed by atoms with Crippen LogP contribution in [-0.2, 0) is 26.3 Å². The largest absolute Gasteiger partial charge is 0.477 e. The molecule has 0 aromatic carbocycles. The molecule has 20 heteroatoms. The van der Waals surface area contributed by atoms with Crippen LogP contribution in [0.4, 0.5) is 13.2 Å². The first kappa shape index (κ1) is 26.6. The van der Waals surface area contributed by atoms with Crippen molar-refractivity contribution < 1.29 is 36.3 Å². The van der Waals surface area contributed by atoms with Crippen LogP contribution in [0.1, 0.15) is 6.42 Å². The zero-order valence-corrected chi connectivity index (χ0v) is 20.1. The summed E-state index contributed by atoms with van der Waals surface area (Å²) in [6.45, 7) is -0.0197. The zero-order chi connectivity index (χ0) is 25.3. The van der Waals surface area contributed by atoms with Crippen molar-refractivity contribution in [3.8, 4) is 0 Å². The average Bonchev–Trinajstić information content (AvgIpc) is 3.14. The lowest BCUT2D eigenvalue weighted by Crippen LogP contribution is -2.70. The maximum absolute atomic E-state index is 12.5. The van der Waals surface area contributed by atoms with E-state index in [4.69, 9.17) is 5.14 Å². The summed E-state index contributed by atoms with van der Waals surface area (Å²) in [5, 5.41) is 27.5. The summed E-state index contributed by atoms with van der Waals surface area (Å²) in [4.78, 5) is 24.9. The van der Waals surface area contributed by atoms with Crippen molar-refractivity contribution in [1.82, 2.24) is 35.1 Å². The van der Waals surface area contributed by atoms with E-state index in [0.717, 1.165) is 16.7 Å². The monoisotopic (exact) mass is 562 g/mol. The highest BCUT2D eigenvalue weighted by atomic mass is 32.2. The summed E-state index contributed by atoms with van der Waals surface area (Å²) in [6, 6.07) is -1.05. The smallest absolute Gasteiger partial charge is 0.395 e. The Kier molecular flexibility index (Phi) is 8.07. The Balaban J connectivity index is 1.66. The Hall–Kier alpha value is -2.00. The number of hydrogen-bond acceptors (Lipinski definition) is 10. The number of fused-ring (bicyclic) bond motifs is 1. The van der Waals surface area contributed by atoms with Gasteiger partial charge in [-0.15, -0.1) is 16.9 Å².